The number of hydrogen-bond donors (Lipinski definition) is 0. The highest BCUT2D eigenvalue weighted by Gasteiger charge is 2.42. The monoisotopic (exact) mass is 528 g/mol. The van der Waals surface area contributed by atoms with Gasteiger partial charge in [-0.2, -0.15) is 5.01 Å². The molecule has 0 saturated carbocycles. The lowest BCUT2D eigenvalue weighted by molar-refractivity contribution is -0.119. The lowest BCUT2D eigenvalue weighted by Crippen LogP contribution is -2.44. The maximum absolute atomic E-state index is 13.1. The summed E-state index contributed by atoms with van der Waals surface area (Å²) in [6, 6.07) is 13.3. The number of rotatable bonds is 2. The molecule has 0 N–H and O–H groups in total. The number of benzene rings is 2. The number of para-hydroxylation sites is 1. The van der Waals surface area contributed by atoms with Crippen molar-refractivity contribution < 1.29 is 9.59 Å². The fourth-order valence-corrected chi connectivity index (χ4v) is 3.82. The summed E-state index contributed by atoms with van der Waals surface area (Å²) in [6.45, 7) is 7.74. The summed E-state index contributed by atoms with van der Waals surface area (Å²) in [5, 5.41) is 5.76. The van der Waals surface area contributed by atoms with E-state index in [9.17, 15) is 9.59 Å². The van der Waals surface area contributed by atoms with Crippen molar-refractivity contribution in [2.24, 2.45) is 10.1 Å². The molecule has 0 radical (unpaired) electrons. The number of carbonyl (C=O) groups is 2. The minimum atomic E-state index is -0.271. The van der Waals surface area contributed by atoms with Crippen LogP contribution >= 0.6 is 22.6 Å². The third-order valence-electron chi connectivity index (χ3n) is 5.24. The van der Waals surface area contributed by atoms with E-state index in [1.54, 1.807) is 14.0 Å². The van der Waals surface area contributed by atoms with E-state index in [2.05, 4.69) is 27.7 Å². The van der Waals surface area contributed by atoms with Crippen LogP contribution in [-0.2, 0) is 9.59 Å². The summed E-state index contributed by atoms with van der Waals surface area (Å²) in [5.41, 5.74) is 5.79. The first-order valence-corrected chi connectivity index (χ1v) is 12.0. The quantitative estimate of drug-likeness (QED) is 0.412. The molecule has 4 rings (SSSR count). The van der Waals surface area contributed by atoms with Gasteiger partial charge in [0.05, 0.1) is 16.9 Å². The number of amides is 2. The molecule has 2 aromatic rings. The van der Waals surface area contributed by atoms with Crippen molar-refractivity contribution in [1.82, 2.24) is 4.90 Å². The fourth-order valence-electron chi connectivity index (χ4n) is 3.82. The largest absolute Gasteiger partial charge is 0.292 e. The second kappa shape index (κ2) is 9.13. The van der Waals surface area contributed by atoms with Crippen LogP contribution in [-0.4, -0.2) is 40.2 Å². The van der Waals surface area contributed by atoms with Gasteiger partial charge in [0.15, 0.2) is 5.84 Å². The topological polar surface area (TPSA) is 65.3 Å². The van der Waals surface area contributed by atoms with Crippen LogP contribution in [0.5, 0.6) is 0 Å². The van der Waals surface area contributed by atoms with Gasteiger partial charge in [-0.15, -0.1) is 5.10 Å². The van der Waals surface area contributed by atoms with Crippen LogP contribution in [0.15, 0.2) is 63.7 Å². The van der Waals surface area contributed by atoms with Gasteiger partial charge in [-0.1, -0.05) is 58.5 Å². The maximum Gasteiger partial charge on any atom is 0.282 e. The molecule has 2 aromatic carbocycles. The van der Waals surface area contributed by atoms with Crippen LogP contribution < -0.4 is 5.01 Å². The second-order valence-corrected chi connectivity index (χ2v) is 7.45. The molecule has 0 bridgehead atoms. The molecule has 31 heavy (non-hydrogen) atoms. The Hall–Kier alpha value is -2.81. The molecule has 0 atom stereocenters. The molecule has 7 heteroatoms. The minimum Gasteiger partial charge on any atom is -0.292 e. The second-order valence-electron chi connectivity index (χ2n) is 7.45. The van der Waals surface area contributed by atoms with E-state index in [4.69, 9.17) is 4.99 Å². The van der Waals surface area contributed by atoms with Gasteiger partial charge in [0.2, 0.25) is 0 Å². The third kappa shape index (κ3) is 4.06. The average Bonchev–Trinajstić information content (AvgIpc) is 3.10. The zero-order chi connectivity index (χ0) is 22.9. The summed E-state index contributed by atoms with van der Waals surface area (Å²) in [5.74, 6) is -0.169. The van der Waals surface area contributed by atoms with Gasteiger partial charge in [-0.25, -0.2) is 4.99 Å². The van der Waals surface area contributed by atoms with Crippen LogP contribution in [0.1, 0.15) is 23.6 Å². The van der Waals surface area contributed by atoms with Gasteiger partial charge in [-0.3, -0.25) is 14.5 Å². The van der Waals surface area contributed by atoms with E-state index < -0.39 is 0 Å². The van der Waals surface area contributed by atoms with E-state index in [0.29, 0.717) is 22.7 Å². The number of amidine groups is 1. The Morgan fingerprint density at radius 2 is 1.48 bits per heavy atom. The maximum atomic E-state index is 13.1. The number of carbonyl (C=O) groups excluding carboxylic acids is 2. The van der Waals surface area contributed by atoms with E-state index in [0.717, 1.165) is 22.4 Å². The number of hydrogen-bond acceptors (Lipinski definition) is 4. The molecular weight excluding hydrogens is 503 g/mol. The SMILES string of the molecule is CC1=C2C(=O)N(c3ccccc3)N=C2N(C)C(=O)C1=Nc1c(C)cc(C)cc1C.CI. The molecule has 0 saturated heterocycles. The summed E-state index contributed by atoms with van der Waals surface area (Å²) < 4.78 is 0. The van der Waals surface area contributed by atoms with Crippen molar-refractivity contribution in [1.29, 1.82) is 0 Å². The molecule has 0 aliphatic carbocycles. The molecule has 2 aliphatic rings. The van der Waals surface area contributed by atoms with Crippen LogP contribution in [0, 0.1) is 20.8 Å². The fraction of sp³-hybridized carbons (Fsp3) is 0.250. The van der Waals surface area contributed by atoms with Crippen LogP contribution in [0.2, 0.25) is 0 Å². The van der Waals surface area contributed by atoms with Crippen molar-refractivity contribution >= 4 is 57.3 Å². The van der Waals surface area contributed by atoms with E-state index >= 15 is 0 Å². The summed E-state index contributed by atoms with van der Waals surface area (Å²) in [6.07, 6.45) is 0. The van der Waals surface area contributed by atoms with Gasteiger partial charge in [-0.05, 0) is 61.5 Å². The zero-order valence-electron chi connectivity index (χ0n) is 18.5. The van der Waals surface area contributed by atoms with Crippen LogP contribution in [0.3, 0.4) is 0 Å². The van der Waals surface area contributed by atoms with Crippen molar-refractivity contribution in [2.45, 2.75) is 27.7 Å². The molecule has 0 spiro atoms. The number of halogens is 1. The molecule has 0 unspecified atom stereocenters. The Kier molecular flexibility index (Phi) is 6.74. The summed E-state index contributed by atoms with van der Waals surface area (Å²) >= 11 is 2.15. The smallest absolute Gasteiger partial charge is 0.282 e. The first kappa shape index (κ1) is 22.9. The predicted molar refractivity (Wildman–Crippen MR) is 135 cm³/mol. The van der Waals surface area contributed by atoms with E-state index in [1.165, 1.54) is 9.91 Å². The lowest BCUT2D eigenvalue weighted by atomic mass is 9.97. The Morgan fingerprint density at radius 3 is 2.06 bits per heavy atom. The van der Waals surface area contributed by atoms with E-state index in [-0.39, 0.29) is 17.5 Å². The van der Waals surface area contributed by atoms with E-state index in [1.807, 2.05) is 68.2 Å². The van der Waals surface area contributed by atoms with Crippen molar-refractivity contribution in [3.63, 3.8) is 0 Å². The first-order valence-electron chi connectivity index (χ1n) is 9.81. The molecule has 160 valence electrons. The van der Waals surface area contributed by atoms with Crippen LogP contribution in [0.25, 0.3) is 0 Å². The average molecular weight is 528 g/mol. The first-order chi connectivity index (χ1) is 14.8. The number of anilines is 1. The number of hydrazone groups is 1. The summed E-state index contributed by atoms with van der Waals surface area (Å²) in [7, 11) is 1.62. The molecule has 2 amide bonds. The summed E-state index contributed by atoms with van der Waals surface area (Å²) in [4.78, 5) is 34.3. The number of alkyl halides is 1. The van der Waals surface area contributed by atoms with Crippen molar-refractivity contribution in [2.75, 3.05) is 17.0 Å². The van der Waals surface area contributed by atoms with Gasteiger partial charge in [0.25, 0.3) is 11.8 Å². The number of aliphatic imine (C=N–C) groups is 1. The Labute approximate surface area is 196 Å². The highest BCUT2D eigenvalue weighted by molar-refractivity contribution is 14.1. The third-order valence-corrected chi connectivity index (χ3v) is 5.24. The molecule has 0 fully saturated rings. The van der Waals surface area contributed by atoms with Gasteiger partial charge >= 0.3 is 0 Å². The molecule has 0 aromatic heterocycles. The Morgan fingerprint density at radius 1 is 0.903 bits per heavy atom. The van der Waals surface area contributed by atoms with Crippen LogP contribution in [0.4, 0.5) is 11.4 Å². The highest BCUT2D eigenvalue weighted by Crippen LogP contribution is 2.32. The van der Waals surface area contributed by atoms with Gasteiger partial charge in [0.1, 0.15) is 5.71 Å². The number of likely N-dealkylation sites (N-methyl/N-ethyl adjacent to an activating group) is 1. The minimum absolute atomic E-state index is 0.256. The molecular formula is C24H25IN4O2. The van der Waals surface area contributed by atoms with Gasteiger partial charge in [0, 0.05) is 7.05 Å². The lowest BCUT2D eigenvalue weighted by Gasteiger charge is -2.24. The highest BCUT2D eigenvalue weighted by atomic mass is 127. The van der Waals surface area contributed by atoms with Gasteiger partial charge < -0.3 is 0 Å². The Balaban J connectivity index is 0.00000132. The predicted octanol–water partition coefficient (Wildman–Crippen LogP) is 4.88. The number of nitrogens with zero attached hydrogens (tertiary/aromatic N) is 4. The zero-order valence-corrected chi connectivity index (χ0v) is 20.7. The molecule has 2 aliphatic heterocycles. The van der Waals surface area contributed by atoms with Crippen molar-refractivity contribution in [3.8, 4) is 0 Å². The molecule has 2 heterocycles. The van der Waals surface area contributed by atoms with Crippen molar-refractivity contribution in [3.05, 3.63) is 70.3 Å². The molecule has 6 nitrogen and oxygen atoms in total. The number of aryl methyl sites for hydroxylation is 3. The normalized spacial score (nSPS) is 17.0. The number of fused-ring (bicyclic) bond motifs is 1. The standard InChI is InChI=1S/C23H22N4O2.CH3I/c1-13-11-14(2)19(15(3)12-13)24-20-16(4)18-21(26(5)23(20)29)25-27(22(18)28)17-9-7-6-8-10-17;1-2/h6-12H,1-5H3;1H3. The Bertz CT molecular complexity index is 1130.